The van der Waals surface area contributed by atoms with Gasteiger partial charge in [-0.3, -0.25) is 0 Å². The summed E-state index contributed by atoms with van der Waals surface area (Å²) in [4.78, 5) is 1.34. The molecule has 0 radical (unpaired) electrons. The largest absolute Gasteiger partial charge is 0.317 e. The van der Waals surface area contributed by atoms with E-state index in [0.717, 1.165) is 19.5 Å². The second-order valence-electron chi connectivity index (χ2n) is 2.56. The van der Waals surface area contributed by atoms with Crippen LogP contribution in [-0.4, -0.2) is 13.1 Å². The molecule has 12 heavy (non-hydrogen) atoms. The van der Waals surface area contributed by atoms with E-state index < -0.39 is 0 Å². The average molecular weight is 181 g/mol. The van der Waals surface area contributed by atoms with Crippen LogP contribution in [0.25, 0.3) is 6.08 Å². The lowest BCUT2D eigenvalue weighted by molar-refractivity contribution is 0.727. The first-order chi connectivity index (χ1) is 5.93. The summed E-state index contributed by atoms with van der Waals surface area (Å²) in [6, 6.07) is 4.21. The molecule has 0 aromatic carbocycles. The molecule has 2 heteroatoms. The minimum Gasteiger partial charge on any atom is -0.317 e. The van der Waals surface area contributed by atoms with Crippen LogP contribution in [0.4, 0.5) is 0 Å². The molecule has 1 aromatic rings. The van der Waals surface area contributed by atoms with Crippen LogP contribution in [0.3, 0.4) is 0 Å². The highest BCUT2D eigenvalue weighted by atomic mass is 32.1. The molecule has 0 aliphatic rings. The predicted molar refractivity (Wildman–Crippen MR) is 56.5 cm³/mol. The molecule has 0 aliphatic carbocycles. The zero-order chi connectivity index (χ0) is 8.65. The molecule has 66 valence electrons. The van der Waals surface area contributed by atoms with Crippen molar-refractivity contribution in [1.82, 2.24) is 5.32 Å². The van der Waals surface area contributed by atoms with Crippen LogP contribution in [0.15, 0.2) is 23.6 Å². The lowest BCUT2D eigenvalue weighted by atomic mass is 10.3. The maximum absolute atomic E-state index is 3.28. The van der Waals surface area contributed by atoms with Gasteiger partial charge in [0.1, 0.15) is 0 Å². The molecule has 0 amide bonds. The van der Waals surface area contributed by atoms with Crippen molar-refractivity contribution in [3.05, 3.63) is 28.5 Å². The Morgan fingerprint density at radius 1 is 1.58 bits per heavy atom. The summed E-state index contributed by atoms with van der Waals surface area (Å²) >= 11 is 1.78. The Balaban J connectivity index is 2.14. The Hall–Kier alpha value is -0.600. The lowest BCUT2D eigenvalue weighted by Crippen LogP contribution is -2.12. The maximum Gasteiger partial charge on any atom is 0.0267 e. The second kappa shape index (κ2) is 5.98. The number of thiophene rings is 1. The van der Waals surface area contributed by atoms with E-state index >= 15 is 0 Å². The Kier molecular flexibility index (Phi) is 4.73. The van der Waals surface area contributed by atoms with Gasteiger partial charge >= 0.3 is 0 Å². The van der Waals surface area contributed by atoms with E-state index in [0.29, 0.717) is 0 Å². The van der Waals surface area contributed by atoms with E-state index in [1.807, 2.05) is 0 Å². The summed E-state index contributed by atoms with van der Waals surface area (Å²) in [5, 5.41) is 5.38. The van der Waals surface area contributed by atoms with Gasteiger partial charge in [0.15, 0.2) is 0 Å². The minimum absolute atomic E-state index is 1.06. The molecule has 0 bridgehead atoms. The molecule has 1 heterocycles. The topological polar surface area (TPSA) is 12.0 Å². The first-order valence-electron chi connectivity index (χ1n) is 4.34. The summed E-state index contributed by atoms with van der Waals surface area (Å²) in [6.45, 7) is 4.27. The van der Waals surface area contributed by atoms with Gasteiger partial charge in [0, 0.05) is 4.88 Å². The molecular weight excluding hydrogens is 166 g/mol. The normalized spacial score (nSPS) is 11.1. The number of hydrogen-bond donors (Lipinski definition) is 1. The van der Waals surface area contributed by atoms with Gasteiger partial charge in [-0.05, 0) is 37.0 Å². The molecule has 0 aliphatic heterocycles. The van der Waals surface area contributed by atoms with Crippen molar-refractivity contribution in [2.24, 2.45) is 0 Å². The number of rotatable bonds is 5. The summed E-state index contributed by atoms with van der Waals surface area (Å²) in [5.74, 6) is 0. The molecule has 1 N–H and O–H groups in total. The SMILES string of the molecule is CCNCCC=Cc1cccs1. The Morgan fingerprint density at radius 2 is 2.50 bits per heavy atom. The zero-order valence-corrected chi connectivity index (χ0v) is 8.23. The number of hydrogen-bond acceptors (Lipinski definition) is 2. The predicted octanol–water partition coefficient (Wildman–Crippen LogP) is 2.76. The van der Waals surface area contributed by atoms with E-state index in [1.165, 1.54) is 4.88 Å². The van der Waals surface area contributed by atoms with Crippen LogP contribution >= 0.6 is 11.3 Å². The first kappa shape index (κ1) is 9.49. The molecule has 1 rings (SSSR count). The summed E-state index contributed by atoms with van der Waals surface area (Å²) in [6.07, 6.45) is 5.52. The first-order valence-corrected chi connectivity index (χ1v) is 5.22. The van der Waals surface area contributed by atoms with Gasteiger partial charge in [-0.25, -0.2) is 0 Å². The molecule has 0 fully saturated rings. The lowest BCUT2D eigenvalue weighted by Gasteiger charge is -1.94. The third-order valence-corrected chi connectivity index (χ3v) is 2.40. The molecule has 0 saturated carbocycles. The molecule has 1 aromatic heterocycles. The smallest absolute Gasteiger partial charge is 0.0267 e. The van der Waals surface area contributed by atoms with Crippen molar-refractivity contribution in [1.29, 1.82) is 0 Å². The van der Waals surface area contributed by atoms with E-state index in [-0.39, 0.29) is 0 Å². The van der Waals surface area contributed by atoms with E-state index in [4.69, 9.17) is 0 Å². The van der Waals surface area contributed by atoms with Crippen molar-refractivity contribution in [2.75, 3.05) is 13.1 Å². The molecule has 0 spiro atoms. The fourth-order valence-electron chi connectivity index (χ4n) is 0.948. The molecule has 0 saturated heterocycles. The minimum atomic E-state index is 1.06. The van der Waals surface area contributed by atoms with E-state index in [1.54, 1.807) is 11.3 Å². The molecule has 0 atom stereocenters. The quantitative estimate of drug-likeness (QED) is 0.689. The van der Waals surface area contributed by atoms with Crippen LogP contribution < -0.4 is 5.32 Å². The van der Waals surface area contributed by atoms with Gasteiger partial charge in [0.05, 0.1) is 0 Å². The monoisotopic (exact) mass is 181 g/mol. The van der Waals surface area contributed by atoms with E-state index in [9.17, 15) is 0 Å². The molecule has 0 unspecified atom stereocenters. The highest BCUT2D eigenvalue weighted by Crippen LogP contribution is 2.10. The van der Waals surface area contributed by atoms with Crippen molar-refractivity contribution in [2.45, 2.75) is 13.3 Å². The van der Waals surface area contributed by atoms with Gasteiger partial charge < -0.3 is 5.32 Å². The Labute approximate surface area is 78.1 Å². The van der Waals surface area contributed by atoms with Crippen LogP contribution in [0.2, 0.25) is 0 Å². The summed E-state index contributed by atoms with van der Waals surface area (Å²) in [7, 11) is 0. The second-order valence-corrected chi connectivity index (χ2v) is 3.54. The van der Waals surface area contributed by atoms with Crippen LogP contribution in [0.5, 0.6) is 0 Å². The van der Waals surface area contributed by atoms with Gasteiger partial charge in [0.25, 0.3) is 0 Å². The van der Waals surface area contributed by atoms with E-state index in [2.05, 4.69) is 41.9 Å². The fraction of sp³-hybridized carbons (Fsp3) is 0.400. The van der Waals surface area contributed by atoms with Crippen molar-refractivity contribution in [3.63, 3.8) is 0 Å². The zero-order valence-electron chi connectivity index (χ0n) is 7.42. The van der Waals surface area contributed by atoms with Crippen molar-refractivity contribution in [3.8, 4) is 0 Å². The molecular formula is C10H15NS. The van der Waals surface area contributed by atoms with Crippen molar-refractivity contribution >= 4 is 17.4 Å². The highest BCUT2D eigenvalue weighted by molar-refractivity contribution is 7.10. The van der Waals surface area contributed by atoms with Crippen LogP contribution in [-0.2, 0) is 0 Å². The van der Waals surface area contributed by atoms with Crippen molar-refractivity contribution < 1.29 is 0 Å². The van der Waals surface area contributed by atoms with Crippen LogP contribution in [0, 0.1) is 0 Å². The third-order valence-electron chi connectivity index (χ3n) is 1.56. The Bertz CT molecular complexity index is 214. The van der Waals surface area contributed by atoms with Gasteiger partial charge in [-0.15, -0.1) is 11.3 Å². The third kappa shape index (κ3) is 3.69. The standard InChI is InChI=1S/C10H15NS/c1-2-11-8-4-3-6-10-7-5-9-12-10/h3,5-7,9,11H,2,4,8H2,1H3. The van der Waals surface area contributed by atoms with Gasteiger partial charge in [-0.2, -0.15) is 0 Å². The Morgan fingerprint density at radius 3 is 3.17 bits per heavy atom. The number of nitrogens with one attached hydrogen (secondary N) is 1. The summed E-state index contributed by atoms with van der Waals surface area (Å²) < 4.78 is 0. The van der Waals surface area contributed by atoms with Gasteiger partial charge in [-0.1, -0.05) is 19.1 Å². The maximum atomic E-state index is 3.28. The summed E-state index contributed by atoms with van der Waals surface area (Å²) in [5.41, 5.74) is 0. The van der Waals surface area contributed by atoms with Crippen LogP contribution in [0.1, 0.15) is 18.2 Å². The molecule has 1 nitrogen and oxygen atoms in total. The fourth-order valence-corrected chi connectivity index (χ4v) is 1.59. The highest BCUT2D eigenvalue weighted by Gasteiger charge is 1.84. The average Bonchev–Trinajstić information content (AvgIpc) is 2.57. The van der Waals surface area contributed by atoms with Gasteiger partial charge in [0.2, 0.25) is 0 Å².